The van der Waals surface area contributed by atoms with Gasteiger partial charge in [-0.05, 0) is 43.2 Å². The molecule has 0 unspecified atom stereocenters. The van der Waals surface area contributed by atoms with E-state index in [1.54, 1.807) is 6.20 Å². The highest BCUT2D eigenvalue weighted by Crippen LogP contribution is 2.37. The molecule has 1 aliphatic rings. The number of aromatic nitrogens is 1. The molecule has 0 atom stereocenters. The summed E-state index contributed by atoms with van der Waals surface area (Å²) in [4.78, 5) is 14.9. The number of hydrogen-bond acceptors (Lipinski definition) is 2. The number of hydrogen-bond donors (Lipinski definition) is 1. The van der Waals surface area contributed by atoms with Crippen molar-refractivity contribution in [3.8, 4) is 0 Å². The summed E-state index contributed by atoms with van der Waals surface area (Å²) < 4.78 is 0. The minimum absolute atomic E-state index is 0.174. The van der Waals surface area contributed by atoms with Crippen molar-refractivity contribution in [2.45, 2.75) is 31.6 Å². The second-order valence-electron chi connectivity index (χ2n) is 4.27. The molecule has 2 rings (SSSR count). The second kappa shape index (κ2) is 4.83. The summed E-state index contributed by atoms with van der Waals surface area (Å²) >= 11 is 6.03. The van der Waals surface area contributed by atoms with Gasteiger partial charge in [0.15, 0.2) is 0 Å². The van der Waals surface area contributed by atoms with Crippen LogP contribution in [0, 0.1) is 5.92 Å². The first-order chi connectivity index (χ1) is 7.68. The van der Waals surface area contributed by atoms with Crippen LogP contribution in [0.15, 0.2) is 18.3 Å². The Balaban J connectivity index is 2.05. The van der Waals surface area contributed by atoms with Gasteiger partial charge in [-0.3, -0.25) is 4.79 Å². The Labute approximate surface area is 99.5 Å². The Morgan fingerprint density at radius 3 is 2.62 bits per heavy atom. The highest BCUT2D eigenvalue weighted by atomic mass is 35.5. The fourth-order valence-corrected chi connectivity index (χ4v) is 2.63. The lowest BCUT2D eigenvalue weighted by Gasteiger charge is -2.26. The molecule has 0 aromatic carbocycles. The summed E-state index contributed by atoms with van der Waals surface area (Å²) in [6.07, 6.45) is 4.94. The van der Waals surface area contributed by atoms with E-state index in [9.17, 15) is 4.79 Å². The van der Waals surface area contributed by atoms with Crippen LogP contribution >= 0.6 is 11.6 Å². The molecule has 0 aliphatic heterocycles. The van der Waals surface area contributed by atoms with E-state index in [0.717, 1.165) is 31.2 Å². The molecule has 1 aromatic rings. The van der Waals surface area contributed by atoms with Crippen LogP contribution in [0.4, 0.5) is 0 Å². The molecular formula is C12H14ClNO2. The second-order valence-corrected chi connectivity index (χ2v) is 4.63. The molecule has 0 radical (unpaired) electrons. The summed E-state index contributed by atoms with van der Waals surface area (Å²) in [5.41, 5.74) is 1.06. The van der Waals surface area contributed by atoms with E-state index >= 15 is 0 Å². The van der Waals surface area contributed by atoms with Crippen molar-refractivity contribution < 1.29 is 9.90 Å². The Hall–Kier alpha value is -1.09. The van der Waals surface area contributed by atoms with Gasteiger partial charge in [0.25, 0.3) is 0 Å². The van der Waals surface area contributed by atoms with Gasteiger partial charge in [-0.2, -0.15) is 0 Å². The summed E-state index contributed by atoms with van der Waals surface area (Å²) in [5.74, 6) is -0.473. The van der Waals surface area contributed by atoms with Crippen molar-refractivity contribution >= 4 is 17.6 Å². The first kappa shape index (κ1) is 11.4. The molecule has 1 saturated carbocycles. The molecule has 3 nitrogen and oxygen atoms in total. The molecule has 0 saturated heterocycles. The third kappa shape index (κ3) is 2.35. The van der Waals surface area contributed by atoms with Crippen molar-refractivity contribution in [3.63, 3.8) is 0 Å². The predicted octanol–water partition coefficient (Wildman–Crippen LogP) is 3.09. The van der Waals surface area contributed by atoms with Gasteiger partial charge in [-0.15, -0.1) is 0 Å². The standard InChI is InChI=1S/C12H14ClNO2/c13-11-10(2-1-7-14-11)8-3-5-9(6-4-8)12(15)16/h1-2,7-9H,3-6H2,(H,15,16)/t8-,9-. The summed E-state index contributed by atoms with van der Waals surface area (Å²) in [5, 5.41) is 9.47. The third-order valence-corrected chi connectivity index (χ3v) is 3.62. The Bertz CT molecular complexity index is 386. The van der Waals surface area contributed by atoms with Gasteiger partial charge < -0.3 is 5.11 Å². The highest BCUT2D eigenvalue weighted by molar-refractivity contribution is 6.30. The highest BCUT2D eigenvalue weighted by Gasteiger charge is 2.27. The van der Waals surface area contributed by atoms with Crippen molar-refractivity contribution in [1.29, 1.82) is 0 Å². The smallest absolute Gasteiger partial charge is 0.306 e. The summed E-state index contributed by atoms with van der Waals surface area (Å²) in [6.45, 7) is 0. The molecule has 1 fully saturated rings. The topological polar surface area (TPSA) is 50.2 Å². The van der Waals surface area contributed by atoms with Crippen molar-refractivity contribution in [1.82, 2.24) is 4.98 Å². The number of nitrogens with zero attached hydrogens (tertiary/aromatic N) is 1. The van der Waals surface area contributed by atoms with Crippen LogP contribution in [-0.4, -0.2) is 16.1 Å². The Kier molecular flexibility index (Phi) is 3.44. The number of aliphatic carboxylic acids is 1. The van der Waals surface area contributed by atoms with Crippen molar-refractivity contribution in [3.05, 3.63) is 29.0 Å². The summed E-state index contributed by atoms with van der Waals surface area (Å²) in [7, 11) is 0. The van der Waals surface area contributed by atoms with Crippen LogP contribution < -0.4 is 0 Å². The monoisotopic (exact) mass is 239 g/mol. The maximum atomic E-state index is 10.8. The number of halogens is 1. The fraction of sp³-hybridized carbons (Fsp3) is 0.500. The maximum absolute atomic E-state index is 10.8. The molecule has 0 amide bonds. The zero-order valence-electron chi connectivity index (χ0n) is 8.90. The average Bonchev–Trinajstić information content (AvgIpc) is 2.30. The van der Waals surface area contributed by atoms with Gasteiger partial charge in [0.05, 0.1) is 5.92 Å². The lowest BCUT2D eigenvalue weighted by atomic mass is 9.79. The molecule has 86 valence electrons. The van der Waals surface area contributed by atoms with Crippen LogP contribution in [0.3, 0.4) is 0 Å². The molecule has 1 N–H and O–H groups in total. The van der Waals surface area contributed by atoms with Crippen LogP contribution in [0.2, 0.25) is 5.15 Å². The quantitative estimate of drug-likeness (QED) is 0.807. The average molecular weight is 240 g/mol. The number of carbonyl (C=O) groups is 1. The van der Waals surface area contributed by atoms with E-state index in [1.165, 1.54) is 0 Å². The largest absolute Gasteiger partial charge is 0.481 e. The first-order valence-electron chi connectivity index (χ1n) is 5.51. The maximum Gasteiger partial charge on any atom is 0.306 e. The van der Waals surface area contributed by atoms with Crippen LogP contribution in [-0.2, 0) is 4.79 Å². The number of carboxylic acids is 1. The first-order valence-corrected chi connectivity index (χ1v) is 5.89. The predicted molar refractivity (Wildman–Crippen MR) is 61.6 cm³/mol. The van der Waals surface area contributed by atoms with Gasteiger partial charge in [-0.25, -0.2) is 4.98 Å². The van der Waals surface area contributed by atoms with Gasteiger partial charge in [-0.1, -0.05) is 17.7 Å². The van der Waals surface area contributed by atoms with Gasteiger partial charge >= 0.3 is 5.97 Å². The molecule has 1 aliphatic carbocycles. The molecule has 1 aromatic heterocycles. The van der Waals surface area contributed by atoms with Crippen molar-refractivity contribution in [2.75, 3.05) is 0 Å². The van der Waals surface area contributed by atoms with Crippen LogP contribution in [0.5, 0.6) is 0 Å². The lowest BCUT2D eigenvalue weighted by Crippen LogP contribution is -2.20. The third-order valence-electron chi connectivity index (χ3n) is 3.30. The number of carboxylic acid groups (broad SMARTS) is 1. The van der Waals surface area contributed by atoms with E-state index in [2.05, 4.69) is 4.98 Å². The van der Waals surface area contributed by atoms with Gasteiger partial charge in [0.2, 0.25) is 0 Å². The minimum Gasteiger partial charge on any atom is -0.481 e. The van der Waals surface area contributed by atoms with Crippen molar-refractivity contribution in [2.24, 2.45) is 5.92 Å². The van der Waals surface area contributed by atoms with Crippen LogP contribution in [0.25, 0.3) is 0 Å². The van der Waals surface area contributed by atoms with Crippen LogP contribution in [0.1, 0.15) is 37.2 Å². The zero-order chi connectivity index (χ0) is 11.5. The van der Waals surface area contributed by atoms with E-state index < -0.39 is 5.97 Å². The van der Waals surface area contributed by atoms with E-state index in [0.29, 0.717) is 11.1 Å². The zero-order valence-corrected chi connectivity index (χ0v) is 9.65. The Morgan fingerprint density at radius 2 is 2.06 bits per heavy atom. The summed E-state index contributed by atoms with van der Waals surface area (Å²) in [6, 6.07) is 3.87. The number of rotatable bonds is 2. The Morgan fingerprint density at radius 1 is 1.38 bits per heavy atom. The van der Waals surface area contributed by atoms with E-state index in [-0.39, 0.29) is 5.92 Å². The molecular weight excluding hydrogens is 226 g/mol. The molecule has 0 bridgehead atoms. The lowest BCUT2D eigenvalue weighted by molar-refractivity contribution is -0.142. The van der Waals surface area contributed by atoms with E-state index in [1.807, 2.05) is 12.1 Å². The molecule has 1 heterocycles. The molecule has 16 heavy (non-hydrogen) atoms. The SMILES string of the molecule is O=C(O)[C@H]1CC[C@H](c2cccnc2Cl)CC1. The molecule has 0 spiro atoms. The van der Waals surface area contributed by atoms with E-state index in [4.69, 9.17) is 16.7 Å². The van der Waals surface area contributed by atoms with Gasteiger partial charge in [0, 0.05) is 6.20 Å². The molecule has 4 heteroatoms. The van der Waals surface area contributed by atoms with Gasteiger partial charge in [0.1, 0.15) is 5.15 Å². The normalized spacial score (nSPS) is 25.3. The minimum atomic E-state index is -0.671. The number of pyridine rings is 1. The fourth-order valence-electron chi connectivity index (χ4n) is 2.35.